The number of ketones is 1. The van der Waals surface area contributed by atoms with Gasteiger partial charge in [-0.25, -0.2) is 9.97 Å². The molecule has 0 aliphatic carbocycles. The second-order valence-electron chi connectivity index (χ2n) is 8.31. The van der Waals surface area contributed by atoms with E-state index in [1.54, 1.807) is 6.20 Å². The fourth-order valence-corrected chi connectivity index (χ4v) is 5.34. The van der Waals surface area contributed by atoms with Crippen LogP contribution in [0.5, 0.6) is 0 Å². The Morgan fingerprint density at radius 1 is 1.29 bits per heavy atom. The number of hydrogen-bond acceptors (Lipinski definition) is 9. The number of nitrogens with one attached hydrogen (secondary N) is 1. The van der Waals surface area contributed by atoms with E-state index in [2.05, 4.69) is 22.2 Å². The van der Waals surface area contributed by atoms with Gasteiger partial charge in [-0.1, -0.05) is 31.0 Å². The van der Waals surface area contributed by atoms with Crippen molar-refractivity contribution in [3.8, 4) is 0 Å². The summed E-state index contributed by atoms with van der Waals surface area (Å²) in [5, 5.41) is 9.36. The molecule has 188 valence electrons. The number of aryl methyl sites for hydroxylation is 1. The lowest BCUT2D eigenvalue weighted by atomic mass is 9.97. The van der Waals surface area contributed by atoms with Gasteiger partial charge in [0.2, 0.25) is 5.78 Å². The summed E-state index contributed by atoms with van der Waals surface area (Å²) in [5.41, 5.74) is 9.67. The maximum Gasteiger partial charge on any atom is 0.208 e. The third-order valence-electron chi connectivity index (χ3n) is 5.96. The van der Waals surface area contributed by atoms with Gasteiger partial charge in [-0.15, -0.1) is 11.3 Å². The minimum absolute atomic E-state index is 0.0874. The molecule has 1 aromatic carbocycles. The van der Waals surface area contributed by atoms with Crippen LogP contribution < -0.4 is 16.2 Å². The molecule has 0 amide bonds. The predicted molar refractivity (Wildman–Crippen MR) is 146 cm³/mol. The SMILES string of the molecule is CCC(CCNc1ncncc1C(=O)c1cc(Cc2cc(Cl)ccc2CCN)c(C)s1)COSN. The van der Waals surface area contributed by atoms with Crippen LogP contribution in [0.25, 0.3) is 0 Å². The largest absolute Gasteiger partial charge is 0.369 e. The molecule has 0 saturated heterocycles. The molecule has 2 aromatic heterocycles. The topological polar surface area (TPSA) is 116 Å². The molecule has 5 N–H and O–H groups in total. The predicted octanol–water partition coefficient (Wildman–Crippen LogP) is 5.19. The molecule has 3 aromatic rings. The molecular formula is C25H32ClN5O2S2. The van der Waals surface area contributed by atoms with Crippen LogP contribution in [0.1, 0.15) is 56.6 Å². The Bertz CT molecular complexity index is 1120. The zero-order valence-electron chi connectivity index (χ0n) is 20.1. The van der Waals surface area contributed by atoms with Crippen molar-refractivity contribution in [3.05, 3.63) is 73.8 Å². The van der Waals surface area contributed by atoms with E-state index in [-0.39, 0.29) is 5.78 Å². The monoisotopic (exact) mass is 533 g/mol. The van der Waals surface area contributed by atoms with Crippen LogP contribution in [-0.2, 0) is 17.0 Å². The second-order valence-corrected chi connectivity index (χ2v) is 10.4. The maximum absolute atomic E-state index is 13.4. The zero-order valence-corrected chi connectivity index (χ0v) is 22.4. The van der Waals surface area contributed by atoms with Crippen molar-refractivity contribution in [2.75, 3.05) is 25.0 Å². The van der Waals surface area contributed by atoms with E-state index in [0.717, 1.165) is 47.5 Å². The van der Waals surface area contributed by atoms with E-state index in [1.807, 2.05) is 31.2 Å². The van der Waals surface area contributed by atoms with Gasteiger partial charge in [0.15, 0.2) is 0 Å². The summed E-state index contributed by atoms with van der Waals surface area (Å²) in [4.78, 5) is 23.6. The molecule has 0 aliphatic heterocycles. The smallest absolute Gasteiger partial charge is 0.208 e. The normalized spacial score (nSPS) is 12.0. The zero-order chi connectivity index (χ0) is 25.2. The van der Waals surface area contributed by atoms with Crippen molar-refractivity contribution in [2.45, 2.75) is 39.5 Å². The molecular weight excluding hydrogens is 502 g/mol. The van der Waals surface area contributed by atoms with Crippen LogP contribution in [0, 0.1) is 12.8 Å². The van der Waals surface area contributed by atoms with E-state index >= 15 is 0 Å². The highest BCUT2D eigenvalue weighted by Crippen LogP contribution is 2.29. The van der Waals surface area contributed by atoms with E-state index in [0.29, 0.717) is 53.3 Å². The highest BCUT2D eigenvalue weighted by Gasteiger charge is 2.20. The van der Waals surface area contributed by atoms with Crippen molar-refractivity contribution in [3.63, 3.8) is 0 Å². The summed E-state index contributed by atoms with van der Waals surface area (Å²) in [7, 11) is 0. The van der Waals surface area contributed by atoms with Gasteiger partial charge >= 0.3 is 0 Å². The van der Waals surface area contributed by atoms with E-state index in [1.165, 1.54) is 23.2 Å². The van der Waals surface area contributed by atoms with Crippen molar-refractivity contribution < 1.29 is 8.98 Å². The summed E-state index contributed by atoms with van der Waals surface area (Å²) < 4.78 is 5.27. The van der Waals surface area contributed by atoms with E-state index < -0.39 is 0 Å². The third-order valence-corrected chi connectivity index (χ3v) is 7.56. The summed E-state index contributed by atoms with van der Waals surface area (Å²) in [6.45, 7) is 5.99. The lowest BCUT2D eigenvalue weighted by molar-refractivity contribution is 0.104. The van der Waals surface area contributed by atoms with E-state index in [9.17, 15) is 4.79 Å². The van der Waals surface area contributed by atoms with Crippen molar-refractivity contribution in [2.24, 2.45) is 16.8 Å². The lowest BCUT2D eigenvalue weighted by Crippen LogP contribution is -2.15. The van der Waals surface area contributed by atoms with Crippen LogP contribution in [0.15, 0.2) is 36.8 Å². The maximum atomic E-state index is 13.4. The number of rotatable bonds is 14. The number of halogens is 1. The minimum atomic E-state index is -0.0874. The Kier molecular flexibility index (Phi) is 11.0. The highest BCUT2D eigenvalue weighted by atomic mass is 35.5. The van der Waals surface area contributed by atoms with Crippen molar-refractivity contribution >= 4 is 46.8 Å². The van der Waals surface area contributed by atoms with Gasteiger partial charge in [-0.05, 0) is 73.5 Å². The Balaban J connectivity index is 1.74. The van der Waals surface area contributed by atoms with Gasteiger partial charge < -0.3 is 15.2 Å². The van der Waals surface area contributed by atoms with E-state index in [4.69, 9.17) is 26.7 Å². The van der Waals surface area contributed by atoms with Crippen LogP contribution in [0.2, 0.25) is 5.02 Å². The molecule has 10 heteroatoms. The first kappa shape index (κ1) is 27.6. The van der Waals surface area contributed by atoms with Crippen LogP contribution in [0.3, 0.4) is 0 Å². The molecule has 2 heterocycles. The number of aromatic nitrogens is 2. The average molecular weight is 534 g/mol. The van der Waals surface area contributed by atoms with Gasteiger partial charge in [0.1, 0.15) is 12.1 Å². The Labute approximate surface area is 220 Å². The lowest BCUT2D eigenvalue weighted by Gasteiger charge is -2.15. The first-order valence-corrected chi connectivity index (χ1v) is 13.6. The fourth-order valence-electron chi connectivity index (χ4n) is 3.88. The summed E-state index contributed by atoms with van der Waals surface area (Å²) >= 11 is 8.63. The highest BCUT2D eigenvalue weighted by molar-refractivity contribution is 7.92. The average Bonchev–Trinajstić information content (AvgIpc) is 3.22. The fraction of sp³-hybridized carbons (Fsp3) is 0.400. The van der Waals surface area contributed by atoms with Gasteiger partial charge in [-0.3, -0.25) is 9.93 Å². The molecule has 0 radical (unpaired) electrons. The first-order chi connectivity index (χ1) is 17.0. The molecule has 7 nitrogen and oxygen atoms in total. The Morgan fingerprint density at radius 2 is 2.11 bits per heavy atom. The van der Waals surface area contributed by atoms with Gasteiger partial charge in [0, 0.05) is 22.6 Å². The second kappa shape index (κ2) is 13.9. The Hall–Kier alpha value is -2.01. The number of nitrogens with two attached hydrogens (primary N) is 2. The van der Waals surface area contributed by atoms with Crippen LogP contribution in [-0.4, -0.2) is 35.4 Å². The van der Waals surface area contributed by atoms with Crippen LogP contribution in [0.4, 0.5) is 5.82 Å². The van der Waals surface area contributed by atoms with Crippen molar-refractivity contribution in [1.29, 1.82) is 0 Å². The summed E-state index contributed by atoms with van der Waals surface area (Å²) in [6.07, 6.45) is 6.37. The number of hydrogen-bond donors (Lipinski definition) is 3. The molecule has 1 atom stereocenters. The molecule has 0 aliphatic rings. The number of carbonyl (C=O) groups excluding carboxylic acids is 1. The molecule has 1 unspecified atom stereocenters. The number of anilines is 1. The number of carbonyl (C=O) groups is 1. The van der Waals surface area contributed by atoms with Crippen LogP contribution >= 0.6 is 35.2 Å². The molecule has 0 bridgehead atoms. The minimum Gasteiger partial charge on any atom is -0.369 e. The molecule has 35 heavy (non-hydrogen) atoms. The van der Waals surface area contributed by atoms with Gasteiger partial charge in [-0.2, -0.15) is 0 Å². The number of nitrogens with zero attached hydrogens (tertiary/aromatic N) is 2. The van der Waals surface area contributed by atoms with Gasteiger partial charge in [0.25, 0.3) is 0 Å². The molecule has 3 rings (SSSR count). The summed E-state index contributed by atoms with van der Waals surface area (Å²) in [5.74, 6) is 0.829. The molecule has 0 saturated carbocycles. The standard InChI is InChI=1S/C25H32ClN5O2S2/c1-3-17(14-33-35-28)7-9-30-25-22(13-29-15-31-25)24(32)23-12-19(16(2)34-23)10-20-11-21(26)5-4-18(20)6-8-27/h4-5,11-13,15,17H,3,6-10,14,27-28H2,1-2H3,(H,29,30,31). The third kappa shape index (κ3) is 7.73. The quantitative estimate of drug-likeness (QED) is 0.147. The first-order valence-electron chi connectivity index (χ1n) is 11.6. The molecule has 0 spiro atoms. The summed E-state index contributed by atoms with van der Waals surface area (Å²) in [6, 6.07) is 7.88. The Morgan fingerprint density at radius 3 is 2.86 bits per heavy atom. The molecule has 0 fully saturated rings. The number of benzene rings is 1. The number of thiophene rings is 1. The van der Waals surface area contributed by atoms with Crippen molar-refractivity contribution in [1.82, 2.24) is 9.97 Å². The van der Waals surface area contributed by atoms with Gasteiger partial charge in [0.05, 0.1) is 29.3 Å².